The summed E-state index contributed by atoms with van der Waals surface area (Å²) < 4.78 is 3.82. The van der Waals surface area contributed by atoms with Crippen molar-refractivity contribution in [2.45, 2.75) is 58.2 Å². The second-order valence-electron chi connectivity index (χ2n) is 8.31. The Labute approximate surface area is 167 Å². The SMILES string of the molecule is CC(C)[Si](C(C)C)(C(C)C)n1cc(Br)c(-c2cccc3ccccc23)c1. The molecule has 0 unspecified atom stereocenters. The maximum Gasteiger partial charge on any atom is 0.168 e. The van der Waals surface area contributed by atoms with Crippen molar-refractivity contribution in [1.82, 2.24) is 4.23 Å². The van der Waals surface area contributed by atoms with E-state index in [1.165, 1.54) is 26.4 Å². The first-order chi connectivity index (χ1) is 12.3. The molecule has 1 nitrogen and oxygen atoms in total. The number of fused-ring (bicyclic) bond motifs is 1. The van der Waals surface area contributed by atoms with Gasteiger partial charge in [-0.2, -0.15) is 0 Å². The second kappa shape index (κ2) is 7.36. The first kappa shape index (κ1) is 19.4. The van der Waals surface area contributed by atoms with Crippen LogP contribution in [0.1, 0.15) is 41.5 Å². The Kier molecular flexibility index (Phi) is 5.50. The Morgan fingerprint density at radius 1 is 0.731 bits per heavy atom. The lowest BCUT2D eigenvalue weighted by molar-refractivity contribution is 0.765. The molecule has 138 valence electrons. The molecule has 0 bridgehead atoms. The summed E-state index contributed by atoms with van der Waals surface area (Å²) >= 11 is 3.88. The maximum atomic E-state index is 3.88. The third kappa shape index (κ3) is 2.99. The Morgan fingerprint density at radius 3 is 1.92 bits per heavy atom. The molecular weight excluding hydrogens is 398 g/mol. The van der Waals surface area contributed by atoms with Gasteiger partial charge >= 0.3 is 0 Å². The van der Waals surface area contributed by atoms with Gasteiger partial charge in [-0.3, -0.25) is 0 Å². The van der Waals surface area contributed by atoms with Crippen molar-refractivity contribution in [2.75, 3.05) is 0 Å². The average molecular weight is 428 g/mol. The predicted octanol–water partition coefficient (Wildman–Crippen LogP) is 8.09. The highest BCUT2D eigenvalue weighted by atomic mass is 79.9. The van der Waals surface area contributed by atoms with Gasteiger partial charge in [0, 0.05) is 22.4 Å². The summed E-state index contributed by atoms with van der Waals surface area (Å²) in [5.41, 5.74) is 4.67. The number of benzene rings is 2. The summed E-state index contributed by atoms with van der Waals surface area (Å²) in [7, 11) is -1.73. The van der Waals surface area contributed by atoms with Crippen LogP contribution < -0.4 is 0 Å². The molecule has 0 N–H and O–H groups in total. The molecule has 1 aromatic heterocycles. The van der Waals surface area contributed by atoms with Gasteiger partial charge in [0.1, 0.15) is 0 Å². The summed E-state index contributed by atoms with van der Waals surface area (Å²) in [5.74, 6) is 0. The van der Waals surface area contributed by atoms with Crippen molar-refractivity contribution >= 4 is 34.9 Å². The molecular formula is C23H30BrNSi. The van der Waals surface area contributed by atoms with Crippen LogP contribution in [0.3, 0.4) is 0 Å². The van der Waals surface area contributed by atoms with E-state index >= 15 is 0 Å². The van der Waals surface area contributed by atoms with E-state index in [1.807, 2.05) is 0 Å². The molecule has 3 aromatic rings. The normalized spacial score (nSPS) is 12.7. The van der Waals surface area contributed by atoms with Gasteiger partial charge in [-0.1, -0.05) is 84.0 Å². The fourth-order valence-corrected chi connectivity index (χ4v) is 12.4. The average Bonchev–Trinajstić information content (AvgIpc) is 2.95. The van der Waals surface area contributed by atoms with Crippen LogP contribution in [0.15, 0.2) is 59.3 Å². The van der Waals surface area contributed by atoms with Crippen molar-refractivity contribution in [3.8, 4) is 11.1 Å². The standard InChI is InChI=1S/C23H30BrNSi/c1-16(2)26(17(3)4,18(5)6)25-14-22(23(24)15-25)21-13-9-11-19-10-7-8-12-20(19)21/h7-18H,1-6H3. The molecule has 0 atom stereocenters. The first-order valence-electron chi connectivity index (χ1n) is 9.66. The molecule has 1 heterocycles. The number of rotatable bonds is 5. The third-order valence-corrected chi connectivity index (χ3v) is 13.4. The highest BCUT2D eigenvalue weighted by Gasteiger charge is 2.45. The van der Waals surface area contributed by atoms with Crippen molar-refractivity contribution in [2.24, 2.45) is 0 Å². The topological polar surface area (TPSA) is 4.93 Å². The summed E-state index contributed by atoms with van der Waals surface area (Å²) in [5, 5.41) is 2.61. The van der Waals surface area contributed by atoms with E-state index in [-0.39, 0.29) is 0 Å². The van der Waals surface area contributed by atoms with Gasteiger partial charge in [0.15, 0.2) is 8.24 Å². The fraction of sp³-hybridized carbons (Fsp3) is 0.391. The van der Waals surface area contributed by atoms with E-state index < -0.39 is 8.24 Å². The lowest BCUT2D eigenvalue weighted by atomic mass is 10.0. The van der Waals surface area contributed by atoms with E-state index in [9.17, 15) is 0 Å². The monoisotopic (exact) mass is 427 g/mol. The quantitative estimate of drug-likeness (QED) is 0.362. The highest BCUT2D eigenvalue weighted by molar-refractivity contribution is 9.10. The summed E-state index contributed by atoms with van der Waals surface area (Å²) in [6.07, 6.45) is 4.77. The zero-order valence-corrected chi connectivity index (χ0v) is 19.3. The van der Waals surface area contributed by atoms with Crippen molar-refractivity contribution < 1.29 is 0 Å². The Balaban J connectivity index is 2.23. The summed E-state index contributed by atoms with van der Waals surface area (Å²) in [4.78, 5) is 0. The molecule has 0 aliphatic rings. The summed E-state index contributed by atoms with van der Waals surface area (Å²) in [6.45, 7) is 14.5. The van der Waals surface area contributed by atoms with Crippen LogP contribution in [-0.4, -0.2) is 12.5 Å². The Hall–Kier alpha value is -1.32. The van der Waals surface area contributed by atoms with E-state index in [0.29, 0.717) is 16.6 Å². The predicted molar refractivity (Wildman–Crippen MR) is 122 cm³/mol. The molecule has 0 fully saturated rings. The van der Waals surface area contributed by atoms with Crippen molar-refractivity contribution in [3.05, 3.63) is 59.3 Å². The number of aromatic nitrogens is 1. The van der Waals surface area contributed by atoms with Gasteiger partial charge in [0.2, 0.25) is 0 Å². The molecule has 2 aromatic carbocycles. The zero-order chi connectivity index (χ0) is 19.1. The largest absolute Gasteiger partial charge is 0.378 e. The van der Waals surface area contributed by atoms with Crippen LogP contribution in [-0.2, 0) is 0 Å². The molecule has 0 saturated heterocycles. The Morgan fingerprint density at radius 2 is 1.31 bits per heavy atom. The van der Waals surface area contributed by atoms with Crippen LogP contribution in [0.2, 0.25) is 16.6 Å². The third-order valence-electron chi connectivity index (χ3n) is 6.08. The second-order valence-corrected chi connectivity index (χ2v) is 14.9. The molecule has 3 heteroatoms. The van der Waals surface area contributed by atoms with E-state index in [4.69, 9.17) is 0 Å². The highest BCUT2D eigenvalue weighted by Crippen LogP contribution is 2.45. The van der Waals surface area contributed by atoms with Gasteiger partial charge in [0.25, 0.3) is 0 Å². The van der Waals surface area contributed by atoms with Gasteiger partial charge < -0.3 is 4.23 Å². The van der Waals surface area contributed by atoms with Crippen molar-refractivity contribution in [1.29, 1.82) is 0 Å². The number of nitrogens with zero attached hydrogens (tertiary/aromatic N) is 1. The number of halogens is 1. The van der Waals surface area contributed by atoms with Crippen LogP contribution in [0.5, 0.6) is 0 Å². The van der Waals surface area contributed by atoms with Crippen LogP contribution in [0.25, 0.3) is 21.9 Å². The molecule has 0 saturated carbocycles. The molecule has 0 spiro atoms. The minimum Gasteiger partial charge on any atom is -0.378 e. The Bertz CT molecular complexity index is 880. The lowest BCUT2D eigenvalue weighted by Gasteiger charge is -2.44. The molecule has 26 heavy (non-hydrogen) atoms. The first-order valence-corrected chi connectivity index (χ1v) is 12.6. The van der Waals surface area contributed by atoms with Gasteiger partial charge in [-0.25, -0.2) is 0 Å². The van der Waals surface area contributed by atoms with Gasteiger partial charge in [0.05, 0.1) is 0 Å². The number of hydrogen-bond acceptors (Lipinski definition) is 0. The smallest absolute Gasteiger partial charge is 0.168 e. The van der Waals surface area contributed by atoms with Crippen LogP contribution in [0, 0.1) is 0 Å². The van der Waals surface area contributed by atoms with Gasteiger partial charge in [-0.15, -0.1) is 0 Å². The zero-order valence-electron chi connectivity index (χ0n) is 16.8. The maximum absolute atomic E-state index is 3.88. The number of hydrogen-bond donors (Lipinski definition) is 0. The van der Waals surface area contributed by atoms with Crippen LogP contribution in [0.4, 0.5) is 0 Å². The van der Waals surface area contributed by atoms with Crippen LogP contribution >= 0.6 is 15.9 Å². The van der Waals surface area contributed by atoms with E-state index in [1.54, 1.807) is 0 Å². The fourth-order valence-electron chi connectivity index (χ4n) is 5.21. The lowest BCUT2D eigenvalue weighted by Crippen LogP contribution is -2.51. The van der Waals surface area contributed by atoms with Gasteiger partial charge in [-0.05, 0) is 48.9 Å². The molecule has 0 radical (unpaired) electrons. The molecule has 3 rings (SSSR count). The molecule has 0 aliphatic carbocycles. The minimum atomic E-state index is -1.73. The minimum absolute atomic E-state index is 0.683. The van der Waals surface area contributed by atoms with E-state index in [2.05, 4.69) is 117 Å². The van der Waals surface area contributed by atoms with Crippen molar-refractivity contribution in [3.63, 3.8) is 0 Å². The molecule has 0 amide bonds. The summed E-state index contributed by atoms with van der Waals surface area (Å²) in [6, 6.07) is 15.3. The van der Waals surface area contributed by atoms with E-state index in [0.717, 1.165) is 0 Å². The molecule has 0 aliphatic heterocycles.